The van der Waals surface area contributed by atoms with Crippen LogP contribution in [-0.4, -0.2) is 0 Å². The first-order valence-electron chi connectivity index (χ1n) is 4.67. The van der Waals surface area contributed by atoms with Gasteiger partial charge in [0.15, 0.2) is 0 Å². The Morgan fingerprint density at radius 1 is 0.929 bits per heavy atom. The smallest absolute Gasteiger partial charge is 0.0296 e. The Labute approximate surface area is 90.4 Å². The second-order valence-corrected chi connectivity index (χ2v) is 8.35. The van der Waals surface area contributed by atoms with E-state index in [0.717, 1.165) is 0 Å². The number of rotatable bonds is 1. The molecule has 0 aromatic heterocycles. The normalized spacial score (nSPS) is 19.0. The minimum atomic E-state index is -1.55. The van der Waals surface area contributed by atoms with Gasteiger partial charge in [-0.2, -0.15) is 0 Å². The topological polar surface area (TPSA) is 0 Å². The summed E-state index contributed by atoms with van der Waals surface area (Å²) < 4.78 is 0. The van der Waals surface area contributed by atoms with E-state index in [1.807, 2.05) is 6.07 Å². The zero-order chi connectivity index (χ0) is 10.2. The van der Waals surface area contributed by atoms with Crippen LogP contribution in [0.5, 0.6) is 0 Å². The summed E-state index contributed by atoms with van der Waals surface area (Å²) in [5, 5.41) is 4.03. The van der Waals surface area contributed by atoms with E-state index in [0.29, 0.717) is 0 Å². The van der Waals surface area contributed by atoms with Crippen molar-refractivity contribution in [3.05, 3.63) is 53.1 Å². The molecule has 14 heavy (non-hydrogen) atoms. The molecular weight excluding hydrogens is 207 g/mol. The summed E-state index contributed by atoms with van der Waals surface area (Å²) in [6.07, 6.45) is 4.34. The molecule has 0 N–H and O–H groups in total. The molecule has 0 aliphatic carbocycles. The van der Waals surface area contributed by atoms with Crippen molar-refractivity contribution in [2.75, 3.05) is 0 Å². The predicted octanol–water partition coefficient (Wildman–Crippen LogP) is 3.61. The van der Waals surface area contributed by atoms with Crippen molar-refractivity contribution in [2.45, 2.75) is 13.8 Å². The third kappa shape index (κ3) is 1.32. The van der Waals surface area contributed by atoms with Crippen LogP contribution in [0.1, 0.15) is 13.8 Å². The van der Waals surface area contributed by atoms with Crippen LogP contribution >= 0.6 is 6.04 Å². The minimum Gasteiger partial charge on any atom is -0.0833 e. The second kappa shape index (κ2) is 3.49. The summed E-state index contributed by atoms with van der Waals surface area (Å²) in [6.45, 7) is 4.31. The van der Waals surface area contributed by atoms with E-state index in [1.54, 1.807) is 0 Å². The van der Waals surface area contributed by atoms with Gasteiger partial charge in [-0.25, -0.2) is 0 Å². The maximum Gasteiger partial charge on any atom is 0.0296 e. The molecular formula is C12H13PS. The van der Waals surface area contributed by atoms with Gasteiger partial charge in [-0.15, -0.1) is 0 Å². The molecule has 0 bridgehead atoms. The van der Waals surface area contributed by atoms with Gasteiger partial charge < -0.3 is 0 Å². The molecule has 1 aliphatic rings. The van der Waals surface area contributed by atoms with Gasteiger partial charge in [0.25, 0.3) is 0 Å². The maximum absolute atomic E-state index is 5.85. The van der Waals surface area contributed by atoms with E-state index in [1.165, 1.54) is 15.9 Å². The SMILES string of the molecule is CC1=CC=C(C)P1(=S)c1ccccc1. The Balaban J connectivity index is 2.59. The lowest BCUT2D eigenvalue weighted by atomic mass is 10.4. The Morgan fingerprint density at radius 2 is 1.43 bits per heavy atom. The van der Waals surface area contributed by atoms with Crippen molar-refractivity contribution in [1.29, 1.82) is 0 Å². The monoisotopic (exact) mass is 220 g/mol. The number of hydrogen-bond donors (Lipinski definition) is 0. The fourth-order valence-electron chi connectivity index (χ4n) is 1.77. The van der Waals surface area contributed by atoms with Crippen molar-refractivity contribution in [1.82, 2.24) is 0 Å². The van der Waals surface area contributed by atoms with Crippen LogP contribution in [0.2, 0.25) is 0 Å². The molecule has 0 spiro atoms. The Kier molecular flexibility index (Phi) is 2.47. The van der Waals surface area contributed by atoms with Gasteiger partial charge >= 0.3 is 0 Å². The second-order valence-electron chi connectivity index (χ2n) is 3.56. The first-order valence-corrected chi connectivity index (χ1v) is 7.48. The van der Waals surface area contributed by atoms with E-state index < -0.39 is 6.04 Å². The molecule has 0 atom stereocenters. The summed E-state index contributed by atoms with van der Waals surface area (Å²) in [4.78, 5) is 0. The van der Waals surface area contributed by atoms with Gasteiger partial charge in [0.05, 0.1) is 0 Å². The third-order valence-corrected chi connectivity index (χ3v) is 8.35. The van der Waals surface area contributed by atoms with Crippen LogP contribution in [0, 0.1) is 0 Å². The third-order valence-electron chi connectivity index (χ3n) is 2.68. The molecule has 2 rings (SSSR count). The largest absolute Gasteiger partial charge is 0.0833 e. The van der Waals surface area contributed by atoms with Crippen LogP contribution in [0.3, 0.4) is 0 Å². The van der Waals surface area contributed by atoms with Crippen LogP contribution < -0.4 is 5.30 Å². The fraction of sp³-hybridized carbons (Fsp3) is 0.167. The van der Waals surface area contributed by atoms with Gasteiger partial charge in [0.1, 0.15) is 0 Å². The highest BCUT2D eigenvalue weighted by Crippen LogP contribution is 2.62. The predicted molar refractivity (Wildman–Crippen MR) is 67.9 cm³/mol. The zero-order valence-corrected chi connectivity index (χ0v) is 10.1. The Morgan fingerprint density at radius 3 is 1.93 bits per heavy atom. The van der Waals surface area contributed by atoms with E-state index in [9.17, 15) is 0 Å². The van der Waals surface area contributed by atoms with Crippen LogP contribution in [0.15, 0.2) is 53.1 Å². The van der Waals surface area contributed by atoms with Gasteiger partial charge in [0.2, 0.25) is 0 Å². The average molecular weight is 220 g/mol. The highest BCUT2D eigenvalue weighted by molar-refractivity contribution is 8.22. The summed E-state index contributed by atoms with van der Waals surface area (Å²) in [5.74, 6) is 0. The Hall–Kier alpha value is -0.650. The van der Waals surface area contributed by atoms with Crippen molar-refractivity contribution < 1.29 is 0 Å². The molecule has 2 heteroatoms. The zero-order valence-electron chi connectivity index (χ0n) is 8.40. The molecule has 0 amide bonds. The van der Waals surface area contributed by atoms with Crippen molar-refractivity contribution >= 4 is 23.1 Å². The molecule has 0 fully saturated rings. The summed E-state index contributed by atoms with van der Waals surface area (Å²) in [5.41, 5.74) is 0. The summed E-state index contributed by atoms with van der Waals surface area (Å²) >= 11 is 5.85. The quantitative estimate of drug-likeness (QED) is 0.651. The average Bonchev–Trinajstić information content (AvgIpc) is 2.49. The first-order chi connectivity index (χ1) is 6.65. The van der Waals surface area contributed by atoms with E-state index >= 15 is 0 Å². The highest BCUT2D eigenvalue weighted by Gasteiger charge is 2.26. The van der Waals surface area contributed by atoms with Crippen LogP contribution in [-0.2, 0) is 11.8 Å². The Bertz CT molecular complexity index is 432. The lowest BCUT2D eigenvalue weighted by Gasteiger charge is -2.20. The van der Waals surface area contributed by atoms with Crippen molar-refractivity contribution in [2.24, 2.45) is 0 Å². The molecule has 0 radical (unpaired) electrons. The molecule has 0 saturated carbocycles. The van der Waals surface area contributed by atoms with Gasteiger partial charge in [0, 0.05) is 6.04 Å². The number of benzene rings is 1. The molecule has 1 aromatic rings. The van der Waals surface area contributed by atoms with Gasteiger partial charge in [-0.3, -0.25) is 0 Å². The maximum atomic E-state index is 5.85. The molecule has 72 valence electrons. The molecule has 0 unspecified atom stereocenters. The summed E-state index contributed by atoms with van der Waals surface area (Å²) in [7, 11) is 0. The van der Waals surface area contributed by atoms with Crippen molar-refractivity contribution in [3.8, 4) is 0 Å². The van der Waals surface area contributed by atoms with Crippen molar-refractivity contribution in [3.63, 3.8) is 0 Å². The lowest BCUT2D eigenvalue weighted by Crippen LogP contribution is -2.03. The fourth-order valence-corrected chi connectivity index (χ4v) is 5.04. The number of allylic oxidation sites excluding steroid dienone is 4. The molecule has 1 aromatic carbocycles. The van der Waals surface area contributed by atoms with Crippen LogP contribution in [0.4, 0.5) is 0 Å². The molecule has 0 nitrogen and oxygen atoms in total. The molecule has 1 aliphatic heterocycles. The van der Waals surface area contributed by atoms with E-state index in [-0.39, 0.29) is 0 Å². The van der Waals surface area contributed by atoms with E-state index in [2.05, 4.69) is 50.3 Å². The van der Waals surface area contributed by atoms with E-state index in [4.69, 9.17) is 11.8 Å². The standard InChI is InChI=1S/C12H13PS/c1-10-8-9-11(2)13(10,14)12-6-4-3-5-7-12/h3-9H,1-2H3. The van der Waals surface area contributed by atoms with Gasteiger partial charge in [-0.05, 0) is 29.8 Å². The molecule has 1 heterocycles. The summed E-state index contributed by atoms with van der Waals surface area (Å²) in [6, 6.07) is 8.94. The minimum absolute atomic E-state index is 1.31. The number of hydrogen-bond acceptors (Lipinski definition) is 1. The lowest BCUT2D eigenvalue weighted by molar-refractivity contribution is 1.66. The van der Waals surface area contributed by atoms with Crippen LogP contribution in [0.25, 0.3) is 0 Å². The molecule has 0 saturated heterocycles. The highest BCUT2D eigenvalue weighted by atomic mass is 32.4. The first kappa shape index (κ1) is 9.89. The van der Waals surface area contributed by atoms with Gasteiger partial charge in [-0.1, -0.05) is 54.3 Å².